The molecule has 180 valence electrons. The van der Waals surface area contributed by atoms with Crippen LogP contribution in [0.5, 0.6) is 0 Å². The van der Waals surface area contributed by atoms with Crippen LogP contribution in [-0.4, -0.2) is 57.6 Å². The minimum absolute atomic E-state index is 0.0109. The Hall–Kier alpha value is -1.65. The van der Waals surface area contributed by atoms with Crippen LogP contribution >= 0.6 is 11.6 Å². The predicted molar refractivity (Wildman–Crippen MR) is 119 cm³/mol. The van der Waals surface area contributed by atoms with E-state index in [1.807, 2.05) is 13.8 Å². The molecule has 0 aromatic carbocycles. The number of carbonyl (C=O) groups is 2. The van der Waals surface area contributed by atoms with Crippen LogP contribution in [-0.2, 0) is 19.6 Å². The minimum Gasteiger partial charge on any atom is -0.444 e. The summed E-state index contributed by atoms with van der Waals surface area (Å²) in [4.78, 5) is 28.5. The zero-order valence-corrected chi connectivity index (χ0v) is 20.7. The molecule has 1 amide bonds. The molecule has 0 radical (unpaired) electrons. The van der Waals surface area contributed by atoms with E-state index in [-0.39, 0.29) is 35.1 Å². The molecule has 0 aliphatic heterocycles. The molecule has 0 saturated heterocycles. The van der Waals surface area contributed by atoms with Crippen molar-refractivity contribution in [2.75, 3.05) is 12.3 Å². The van der Waals surface area contributed by atoms with Crippen molar-refractivity contribution in [1.29, 1.82) is 0 Å². The Morgan fingerprint density at radius 1 is 1.44 bits per heavy atom. The van der Waals surface area contributed by atoms with Crippen LogP contribution in [0.25, 0.3) is 0 Å². The Balaban J connectivity index is 1.68. The van der Waals surface area contributed by atoms with Crippen molar-refractivity contribution in [3.63, 3.8) is 0 Å². The molecule has 2 bridgehead atoms. The van der Waals surface area contributed by atoms with Crippen LogP contribution in [0.4, 0.5) is 4.79 Å². The summed E-state index contributed by atoms with van der Waals surface area (Å²) in [5.41, 5.74) is -1.90. The maximum Gasteiger partial charge on any atom is 0.407 e. The number of halogens is 1. The van der Waals surface area contributed by atoms with E-state index >= 15 is 0 Å². The van der Waals surface area contributed by atoms with Gasteiger partial charge in [-0.25, -0.2) is 22.2 Å². The van der Waals surface area contributed by atoms with Gasteiger partial charge in [0.15, 0.2) is 0 Å². The van der Waals surface area contributed by atoms with Gasteiger partial charge in [0.2, 0.25) is 10.0 Å². The van der Waals surface area contributed by atoms with Gasteiger partial charge in [-0.1, -0.05) is 13.8 Å². The van der Waals surface area contributed by atoms with E-state index in [4.69, 9.17) is 16.3 Å². The third kappa shape index (κ3) is 4.54. The Morgan fingerprint density at radius 2 is 2.09 bits per heavy atom. The van der Waals surface area contributed by atoms with E-state index in [1.54, 1.807) is 20.8 Å². The highest BCUT2D eigenvalue weighted by Gasteiger charge is 2.65. The molecule has 1 aromatic rings. The van der Waals surface area contributed by atoms with E-state index in [1.165, 1.54) is 6.20 Å². The van der Waals surface area contributed by atoms with Crippen LogP contribution in [0.15, 0.2) is 12.5 Å². The molecule has 2 unspecified atom stereocenters. The number of aliphatic hydroxyl groups is 1. The molecule has 1 heterocycles. The number of Topliss-reactive ketones (excluding diaryl/α,β-unsaturated/α-hetero) is 1. The Bertz CT molecular complexity index is 999. The summed E-state index contributed by atoms with van der Waals surface area (Å²) in [6.07, 6.45) is 2.15. The number of hydrogen-bond acceptors (Lipinski definition) is 7. The second-order valence-electron chi connectivity index (χ2n) is 10.4. The number of aliphatic hydroxyl groups excluding tert-OH is 1. The molecule has 2 fully saturated rings. The number of imidazole rings is 1. The van der Waals surface area contributed by atoms with Gasteiger partial charge in [-0.15, -0.1) is 11.6 Å². The maximum atomic E-state index is 13.1. The lowest BCUT2D eigenvalue weighted by molar-refractivity contribution is -0.128. The van der Waals surface area contributed by atoms with Gasteiger partial charge in [0.05, 0.1) is 22.2 Å². The Labute approximate surface area is 193 Å². The number of nitrogens with zero attached hydrogens (tertiary/aromatic N) is 2. The number of ether oxygens (including phenoxy) is 1. The van der Waals surface area contributed by atoms with Crippen molar-refractivity contribution >= 4 is 33.5 Å². The fourth-order valence-electron chi connectivity index (χ4n) is 4.91. The van der Waals surface area contributed by atoms with Gasteiger partial charge in [0.1, 0.15) is 23.8 Å². The van der Waals surface area contributed by atoms with Gasteiger partial charge < -0.3 is 15.2 Å². The van der Waals surface area contributed by atoms with E-state index < -0.39 is 38.6 Å². The van der Waals surface area contributed by atoms with Gasteiger partial charge in [0, 0.05) is 19.2 Å². The fourth-order valence-corrected chi connectivity index (χ4v) is 7.03. The highest BCUT2D eigenvalue weighted by atomic mass is 35.5. The number of fused-ring (bicyclic) bond motifs is 2. The third-order valence-electron chi connectivity index (χ3n) is 6.96. The Kier molecular flexibility index (Phi) is 6.47. The van der Waals surface area contributed by atoms with Crippen molar-refractivity contribution in [2.24, 2.45) is 16.7 Å². The number of alkyl halides is 1. The standard InChI is InChI=1S/C21H32ClN3O6S/c1-19(2,3)31-18(28)23-9-14(22)17(27)15-10-25(12-24-15)32(29,30)11-21-7-6-13(8-16(21)26)20(21,4)5/h10,12-14,17,27H,6-9,11H2,1-5H3,(H,23,28)/t13?,14-,17+,21?/m1/s1. The van der Waals surface area contributed by atoms with E-state index in [2.05, 4.69) is 10.3 Å². The summed E-state index contributed by atoms with van der Waals surface area (Å²) in [5.74, 6) is -0.0739. The van der Waals surface area contributed by atoms with Crippen molar-refractivity contribution in [1.82, 2.24) is 14.3 Å². The molecule has 4 atom stereocenters. The highest BCUT2D eigenvalue weighted by Crippen LogP contribution is 2.64. The summed E-state index contributed by atoms with van der Waals surface area (Å²) >= 11 is 6.19. The monoisotopic (exact) mass is 489 g/mol. The lowest BCUT2D eigenvalue weighted by Gasteiger charge is -2.36. The van der Waals surface area contributed by atoms with Crippen LogP contribution in [0.1, 0.15) is 65.7 Å². The summed E-state index contributed by atoms with van der Waals surface area (Å²) in [5, 5.41) is 12.0. The first kappa shape index (κ1) is 25.0. The lowest BCUT2D eigenvalue weighted by Crippen LogP contribution is -2.43. The van der Waals surface area contributed by atoms with E-state index in [0.29, 0.717) is 12.8 Å². The van der Waals surface area contributed by atoms with Crippen LogP contribution in [0.3, 0.4) is 0 Å². The number of ketones is 1. The zero-order chi connectivity index (χ0) is 24.1. The van der Waals surface area contributed by atoms with Crippen LogP contribution in [0, 0.1) is 16.7 Å². The lowest BCUT2D eigenvalue weighted by atomic mass is 9.70. The van der Waals surface area contributed by atoms with Gasteiger partial charge >= 0.3 is 6.09 Å². The van der Waals surface area contributed by atoms with Crippen molar-refractivity contribution in [3.05, 3.63) is 18.2 Å². The first-order chi connectivity index (χ1) is 14.6. The number of carbonyl (C=O) groups excluding carboxylic acids is 2. The quantitative estimate of drug-likeness (QED) is 0.563. The SMILES string of the molecule is CC(C)(C)OC(=O)NC[C@@H](Cl)[C@H](O)c1cn(S(=O)(=O)CC23CCC(CC2=O)C3(C)C)cn1. The molecular weight excluding hydrogens is 458 g/mol. The predicted octanol–water partition coefficient (Wildman–Crippen LogP) is 2.62. The van der Waals surface area contributed by atoms with Gasteiger partial charge in [0.25, 0.3) is 0 Å². The molecular formula is C21H32ClN3O6S. The molecule has 32 heavy (non-hydrogen) atoms. The molecule has 2 aliphatic carbocycles. The number of amides is 1. The highest BCUT2D eigenvalue weighted by molar-refractivity contribution is 7.89. The summed E-state index contributed by atoms with van der Waals surface area (Å²) in [6, 6.07) is 0. The van der Waals surface area contributed by atoms with E-state index in [0.717, 1.165) is 16.7 Å². The van der Waals surface area contributed by atoms with Gasteiger partial charge in [-0.05, 0) is 44.9 Å². The number of nitrogens with one attached hydrogen (secondary N) is 1. The second kappa shape index (κ2) is 8.29. The zero-order valence-electron chi connectivity index (χ0n) is 19.1. The topological polar surface area (TPSA) is 128 Å². The third-order valence-corrected chi connectivity index (χ3v) is 9.05. The summed E-state index contributed by atoms with van der Waals surface area (Å²) in [6.45, 7) is 9.01. The molecule has 9 nitrogen and oxygen atoms in total. The first-order valence-corrected chi connectivity index (χ1v) is 12.7. The summed E-state index contributed by atoms with van der Waals surface area (Å²) in [7, 11) is -3.89. The average molecular weight is 490 g/mol. The minimum atomic E-state index is -3.89. The number of aromatic nitrogens is 2. The Morgan fingerprint density at radius 3 is 2.62 bits per heavy atom. The van der Waals surface area contributed by atoms with Gasteiger partial charge in [-0.2, -0.15) is 0 Å². The van der Waals surface area contributed by atoms with Crippen LogP contribution < -0.4 is 5.32 Å². The smallest absolute Gasteiger partial charge is 0.407 e. The normalized spacial score (nSPS) is 26.7. The number of alkyl carbamates (subject to hydrolysis) is 1. The second-order valence-corrected chi connectivity index (χ2v) is 12.8. The average Bonchev–Trinajstić information content (AvgIpc) is 3.28. The molecule has 2 N–H and O–H groups in total. The molecule has 2 saturated carbocycles. The molecule has 0 spiro atoms. The molecule has 2 aliphatic rings. The molecule has 3 rings (SSSR count). The fraction of sp³-hybridized carbons (Fsp3) is 0.762. The number of hydrogen-bond donors (Lipinski definition) is 2. The van der Waals surface area contributed by atoms with Gasteiger partial charge in [-0.3, -0.25) is 4.79 Å². The van der Waals surface area contributed by atoms with E-state index in [9.17, 15) is 23.1 Å². The largest absolute Gasteiger partial charge is 0.444 e. The molecule has 1 aromatic heterocycles. The summed E-state index contributed by atoms with van der Waals surface area (Å²) < 4.78 is 32.3. The maximum absolute atomic E-state index is 13.1. The van der Waals surface area contributed by atoms with Crippen molar-refractivity contribution < 1.29 is 27.9 Å². The first-order valence-electron chi connectivity index (χ1n) is 10.7. The van der Waals surface area contributed by atoms with Crippen molar-refractivity contribution in [2.45, 2.75) is 71.0 Å². The molecule has 11 heteroatoms. The van der Waals surface area contributed by atoms with Crippen molar-refractivity contribution in [3.8, 4) is 0 Å². The van der Waals surface area contributed by atoms with Crippen LogP contribution in [0.2, 0.25) is 0 Å². The number of rotatable bonds is 7.